The van der Waals surface area contributed by atoms with E-state index in [4.69, 9.17) is 5.11 Å². The van der Waals surface area contributed by atoms with Crippen molar-refractivity contribution in [1.82, 2.24) is 4.90 Å². The van der Waals surface area contributed by atoms with Gasteiger partial charge in [-0.25, -0.2) is 4.79 Å². The third kappa shape index (κ3) is 2.13. The minimum Gasteiger partial charge on any atom is -0.478 e. The van der Waals surface area contributed by atoms with Crippen LogP contribution in [0.5, 0.6) is 0 Å². The number of carboxylic acids is 1. The molecule has 2 aromatic rings. The molecule has 4 nitrogen and oxygen atoms in total. The van der Waals surface area contributed by atoms with E-state index in [-0.39, 0.29) is 11.5 Å². The number of benzene rings is 1. The zero-order valence-electron chi connectivity index (χ0n) is 10.00. The minimum absolute atomic E-state index is 0.00525. The van der Waals surface area contributed by atoms with Crippen LogP contribution in [0.2, 0.25) is 0 Å². The van der Waals surface area contributed by atoms with Crippen LogP contribution < -0.4 is 0 Å². The van der Waals surface area contributed by atoms with Crippen molar-refractivity contribution in [3.8, 4) is 0 Å². The summed E-state index contributed by atoms with van der Waals surface area (Å²) in [7, 11) is 0. The summed E-state index contributed by atoms with van der Waals surface area (Å²) in [5.41, 5.74) is 2.90. The summed E-state index contributed by atoms with van der Waals surface area (Å²) < 4.78 is 0. The van der Waals surface area contributed by atoms with Gasteiger partial charge in [0.25, 0.3) is 5.91 Å². The highest BCUT2D eigenvalue weighted by atomic mass is 32.1. The Morgan fingerprint density at radius 3 is 2.58 bits per heavy atom. The molecule has 1 aromatic heterocycles. The van der Waals surface area contributed by atoms with Crippen LogP contribution in [0.15, 0.2) is 35.0 Å². The first kappa shape index (κ1) is 11.9. The van der Waals surface area contributed by atoms with Crippen molar-refractivity contribution in [2.75, 3.05) is 0 Å². The zero-order valence-corrected chi connectivity index (χ0v) is 10.8. The van der Waals surface area contributed by atoms with Gasteiger partial charge in [0, 0.05) is 18.5 Å². The molecular formula is C14H11NO3S. The van der Waals surface area contributed by atoms with Gasteiger partial charge < -0.3 is 10.0 Å². The largest absolute Gasteiger partial charge is 0.478 e. The molecule has 1 N–H and O–H groups in total. The lowest BCUT2D eigenvalue weighted by atomic mass is 10.1. The summed E-state index contributed by atoms with van der Waals surface area (Å²) in [6, 6.07) is 6.83. The van der Waals surface area contributed by atoms with Crippen LogP contribution in [0.3, 0.4) is 0 Å². The fraction of sp³-hybridized carbons (Fsp3) is 0.143. The number of fused-ring (bicyclic) bond motifs is 1. The number of rotatable bonds is 2. The fourth-order valence-electron chi connectivity index (χ4n) is 2.24. The number of hydrogen-bond donors (Lipinski definition) is 1. The van der Waals surface area contributed by atoms with Gasteiger partial charge in [0.1, 0.15) is 0 Å². The normalized spacial score (nSPS) is 13.4. The van der Waals surface area contributed by atoms with Gasteiger partial charge in [-0.15, -0.1) is 0 Å². The molecule has 19 heavy (non-hydrogen) atoms. The van der Waals surface area contributed by atoms with Crippen LogP contribution in [0.1, 0.15) is 31.8 Å². The third-order valence-electron chi connectivity index (χ3n) is 3.23. The summed E-state index contributed by atoms with van der Waals surface area (Å²) in [4.78, 5) is 24.9. The van der Waals surface area contributed by atoms with Gasteiger partial charge in [-0.2, -0.15) is 11.3 Å². The first-order chi connectivity index (χ1) is 9.15. The molecule has 5 heteroatoms. The summed E-state index contributed by atoms with van der Waals surface area (Å²) >= 11 is 1.49. The van der Waals surface area contributed by atoms with Crippen molar-refractivity contribution < 1.29 is 14.7 Å². The Morgan fingerprint density at radius 1 is 1.11 bits per heavy atom. The maximum Gasteiger partial charge on any atom is 0.335 e. The number of amides is 1. The molecule has 0 unspecified atom stereocenters. The SMILES string of the molecule is O=C(O)c1ccc2c(c1)CN(C(=O)c1ccsc1)C2. The van der Waals surface area contributed by atoms with E-state index < -0.39 is 5.97 Å². The predicted octanol–water partition coefficient (Wildman–Crippen LogP) is 2.60. The summed E-state index contributed by atoms with van der Waals surface area (Å²) in [6.45, 7) is 1.02. The van der Waals surface area contributed by atoms with E-state index in [0.717, 1.165) is 11.1 Å². The molecule has 1 amide bonds. The van der Waals surface area contributed by atoms with E-state index in [1.165, 1.54) is 11.3 Å². The predicted molar refractivity (Wildman–Crippen MR) is 71.3 cm³/mol. The number of hydrogen-bond acceptors (Lipinski definition) is 3. The van der Waals surface area contributed by atoms with Crippen LogP contribution in [0, 0.1) is 0 Å². The summed E-state index contributed by atoms with van der Waals surface area (Å²) in [5, 5.41) is 12.7. The van der Waals surface area contributed by atoms with Crippen LogP contribution in [-0.4, -0.2) is 21.9 Å². The second-order valence-corrected chi connectivity index (χ2v) is 5.24. The van der Waals surface area contributed by atoms with Gasteiger partial charge in [0.2, 0.25) is 0 Å². The van der Waals surface area contributed by atoms with Gasteiger partial charge in [0.15, 0.2) is 0 Å². The van der Waals surface area contributed by atoms with Gasteiger partial charge in [-0.3, -0.25) is 4.79 Å². The molecule has 0 spiro atoms. The number of thiophene rings is 1. The van der Waals surface area contributed by atoms with E-state index in [9.17, 15) is 9.59 Å². The lowest BCUT2D eigenvalue weighted by Crippen LogP contribution is -2.24. The number of carbonyl (C=O) groups is 2. The third-order valence-corrected chi connectivity index (χ3v) is 3.91. The van der Waals surface area contributed by atoms with E-state index in [2.05, 4.69) is 0 Å². The number of nitrogens with zero attached hydrogens (tertiary/aromatic N) is 1. The van der Waals surface area contributed by atoms with Crippen molar-refractivity contribution >= 4 is 23.2 Å². The second-order valence-electron chi connectivity index (χ2n) is 4.46. The summed E-state index contributed by atoms with van der Waals surface area (Å²) in [5.74, 6) is -0.945. The van der Waals surface area contributed by atoms with Crippen molar-refractivity contribution in [1.29, 1.82) is 0 Å². The van der Waals surface area contributed by atoms with Crippen LogP contribution in [-0.2, 0) is 13.1 Å². The molecular weight excluding hydrogens is 262 g/mol. The Balaban J connectivity index is 1.84. The Hall–Kier alpha value is -2.14. The molecule has 0 bridgehead atoms. The van der Waals surface area contributed by atoms with Crippen molar-refractivity contribution in [2.45, 2.75) is 13.1 Å². The summed E-state index contributed by atoms with van der Waals surface area (Å²) in [6.07, 6.45) is 0. The molecule has 2 heterocycles. The molecule has 0 fully saturated rings. The van der Waals surface area contributed by atoms with Crippen LogP contribution in [0.25, 0.3) is 0 Å². The number of carboxylic acid groups (broad SMARTS) is 1. The van der Waals surface area contributed by atoms with Crippen molar-refractivity contribution in [3.63, 3.8) is 0 Å². The highest BCUT2D eigenvalue weighted by Gasteiger charge is 2.25. The molecule has 0 saturated carbocycles. The standard InChI is InChI=1S/C14H11NO3S/c16-13(11-3-4-19-8-11)15-6-10-2-1-9(14(17)18)5-12(10)7-15/h1-5,8H,6-7H2,(H,17,18). The monoisotopic (exact) mass is 273 g/mol. The molecule has 1 aromatic carbocycles. The van der Waals surface area contributed by atoms with Gasteiger partial charge in [0.05, 0.1) is 11.1 Å². The molecule has 0 radical (unpaired) electrons. The van der Waals surface area contributed by atoms with Crippen molar-refractivity contribution in [2.24, 2.45) is 0 Å². The number of carbonyl (C=O) groups excluding carboxylic acids is 1. The van der Waals surface area contributed by atoms with E-state index >= 15 is 0 Å². The minimum atomic E-state index is -0.939. The highest BCUT2D eigenvalue weighted by Crippen LogP contribution is 2.25. The maximum atomic E-state index is 12.2. The Bertz CT molecular complexity index is 649. The average molecular weight is 273 g/mol. The molecule has 1 aliphatic rings. The molecule has 96 valence electrons. The van der Waals surface area contributed by atoms with Crippen LogP contribution >= 0.6 is 11.3 Å². The maximum absolute atomic E-state index is 12.2. The van der Waals surface area contributed by atoms with Gasteiger partial charge >= 0.3 is 5.97 Å². The molecule has 0 saturated heterocycles. The highest BCUT2D eigenvalue weighted by molar-refractivity contribution is 7.08. The van der Waals surface area contributed by atoms with Gasteiger partial charge in [-0.05, 0) is 34.7 Å². The number of aromatic carboxylic acids is 1. The Morgan fingerprint density at radius 2 is 1.89 bits per heavy atom. The molecule has 0 atom stereocenters. The fourth-order valence-corrected chi connectivity index (χ4v) is 2.87. The lowest BCUT2D eigenvalue weighted by molar-refractivity contribution is 0.0696. The van der Waals surface area contributed by atoms with Crippen LogP contribution in [0.4, 0.5) is 0 Å². The lowest BCUT2D eigenvalue weighted by Gasteiger charge is -2.14. The molecule has 0 aliphatic carbocycles. The smallest absolute Gasteiger partial charge is 0.335 e. The molecule has 3 rings (SSSR count). The second kappa shape index (κ2) is 4.51. The first-order valence-electron chi connectivity index (χ1n) is 5.82. The quantitative estimate of drug-likeness (QED) is 0.915. The molecule has 1 aliphatic heterocycles. The Kier molecular flexibility index (Phi) is 2.83. The Labute approximate surface area is 113 Å². The first-order valence-corrected chi connectivity index (χ1v) is 6.76. The topological polar surface area (TPSA) is 57.6 Å². The van der Waals surface area contributed by atoms with Gasteiger partial charge in [-0.1, -0.05) is 6.07 Å². The van der Waals surface area contributed by atoms with E-state index in [0.29, 0.717) is 18.7 Å². The zero-order chi connectivity index (χ0) is 13.4. The van der Waals surface area contributed by atoms with Crippen molar-refractivity contribution in [3.05, 3.63) is 57.3 Å². The van der Waals surface area contributed by atoms with E-state index in [1.54, 1.807) is 29.2 Å². The van der Waals surface area contributed by atoms with E-state index in [1.807, 2.05) is 10.8 Å². The average Bonchev–Trinajstić information content (AvgIpc) is 3.06.